The van der Waals surface area contributed by atoms with Gasteiger partial charge in [-0.1, -0.05) is 15.9 Å². The molecule has 0 aliphatic heterocycles. The number of benzene rings is 1. The molecule has 94 valence electrons. The third kappa shape index (κ3) is 3.15. The number of pyridine rings is 1. The van der Waals surface area contributed by atoms with Gasteiger partial charge in [0.15, 0.2) is 0 Å². The Morgan fingerprint density at radius 3 is 2.83 bits per heavy atom. The molecule has 0 aliphatic carbocycles. The molecular weight excluding hydrogens is 295 g/mol. The Hall–Kier alpha value is -1.26. The average Bonchev–Trinajstić information content (AvgIpc) is 2.27. The van der Waals surface area contributed by atoms with Crippen LogP contribution in [0.5, 0.6) is 0 Å². The first-order valence-corrected chi connectivity index (χ1v) is 6.46. The molecule has 2 nitrogen and oxygen atoms in total. The quantitative estimate of drug-likeness (QED) is 0.942. The van der Waals surface area contributed by atoms with Gasteiger partial charge in [-0.3, -0.25) is 4.98 Å². The summed E-state index contributed by atoms with van der Waals surface area (Å²) in [6, 6.07) is 6.60. The number of aryl methyl sites for hydroxylation is 1. The van der Waals surface area contributed by atoms with Gasteiger partial charge in [0, 0.05) is 22.9 Å². The molecule has 2 N–H and O–H groups in total. The third-order valence-corrected chi connectivity index (χ3v) is 3.30. The fourth-order valence-corrected chi connectivity index (χ4v) is 2.51. The van der Waals surface area contributed by atoms with E-state index in [1.807, 2.05) is 19.1 Å². The summed E-state index contributed by atoms with van der Waals surface area (Å²) < 4.78 is 14.0. The highest BCUT2D eigenvalue weighted by molar-refractivity contribution is 9.10. The van der Waals surface area contributed by atoms with Crippen molar-refractivity contribution in [2.24, 2.45) is 5.73 Å². The molecule has 0 fully saturated rings. The SMILES string of the molecule is Cc1cnccc1C(N)Cc1cc(F)cc(Br)c1. The second-order valence-corrected chi connectivity index (χ2v) is 5.24. The lowest BCUT2D eigenvalue weighted by Crippen LogP contribution is -2.15. The molecule has 1 heterocycles. The van der Waals surface area contributed by atoms with Gasteiger partial charge in [-0.15, -0.1) is 0 Å². The molecule has 0 aliphatic rings. The predicted octanol–water partition coefficient (Wildman–Crippen LogP) is 3.53. The monoisotopic (exact) mass is 308 g/mol. The molecule has 0 radical (unpaired) electrons. The molecule has 0 bridgehead atoms. The van der Waals surface area contributed by atoms with Gasteiger partial charge in [0.1, 0.15) is 5.82 Å². The number of nitrogens with two attached hydrogens (primary N) is 1. The molecule has 1 unspecified atom stereocenters. The lowest BCUT2D eigenvalue weighted by Gasteiger charge is -2.14. The lowest BCUT2D eigenvalue weighted by atomic mass is 9.97. The number of halogens is 2. The van der Waals surface area contributed by atoms with Crippen LogP contribution in [0.3, 0.4) is 0 Å². The van der Waals surface area contributed by atoms with Crippen molar-refractivity contribution in [2.75, 3.05) is 0 Å². The second-order valence-electron chi connectivity index (χ2n) is 4.32. The summed E-state index contributed by atoms with van der Waals surface area (Å²) in [5, 5.41) is 0. The van der Waals surface area contributed by atoms with E-state index in [1.54, 1.807) is 12.4 Å². The van der Waals surface area contributed by atoms with E-state index in [0.717, 1.165) is 21.2 Å². The molecule has 2 rings (SSSR count). The van der Waals surface area contributed by atoms with Gasteiger partial charge in [-0.25, -0.2) is 4.39 Å². The highest BCUT2D eigenvalue weighted by Crippen LogP contribution is 2.21. The van der Waals surface area contributed by atoms with E-state index >= 15 is 0 Å². The van der Waals surface area contributed by atoms with Crippen LogP contribution >= 0.6 is 15.9 Å². The zero-order valence-corrected chi connectivity index (χ0v) is 11.6. The Balaban J connectivity index is 2.21. The van der Waals surface area contributed by atoms with E-state index in [9.17, 15) is 4.39 Å². The van der Waals surface area contributed by atoms with Crippen LogP contribution in [0.15, 0.2) is 41.1 Å². The Bertz CT molecular complexity index is 537. The lowest BCUT2D eigenvalue weighted by molar-refractivity contribution is 0.620. The van der Waals surface area contributed by atoms with Crippen LogP contribution in [0.4, 0.5) is 4.39 Å². The zero-order chi connectivity index (χ0) is 13.1. The number of rotatable bonds is 3. The van der Waals surface area contributed by atoms with Crippen molar-refractivity contribution in [3.63, 3.8) is 0 Å². The first-order valence-electron chi connectivity index (χ1n) is 5.67. The molecule has 1 atom stereocenters. The molecule has 0 saturated carbocycles. The van der Waals surface area contributed by atoms with Gasteiger partial charge >= 0.3 is 0 Å². The number of nitrogens with zero attached hydrogens (tertiary/aromatic N) is 1. The molecule has 18 heavy (non-hydrogen) atoms. The highest BCUT2D eigenvalue weighted by atomic mass is 79.9. The van der Waals surface area contributed by atoms with E-state index < -0.39 is 0 Å². The van der Waals surface area contributed by atoms with Crippen LogP contribution < -0.4 is 5.73 Å². The first-order chi connectivity index (χ1) is 8.56. The first kappa shape index (κ1) is 13.2. The van der Waals surface area contributed by atoms with Crippen molar-refractivity contribution in [1.29, 1.82) is 0 Å². The Labute approximate surface area is 114 Å². The van der Waals surface area contributed by atoms with Crippen molar-refractivity contribution in [3.05, 3.63) is 63.6 Å². The van der Waals surface area contributed by atoms with Crippen molar-refractivity contribution in [1.82, 2.24) is 4.98 Å². The van der Waals surface area contributed by atoms with Crippen LogP contribution in [-0.2, 0) is 6.42 Å². The molecule has 0 amide bonds. The molecule has 1 aromatic heterocycles. The molecule has 1 aromatic carbocycles. The minimum absolute atomic E-state index is 0.151. The second kappa shape index (κ2) is 5.59. The van der Waals surface area contributed by atoms with Gasteiger partial charge in [-0.05, 0) is 54.3 Å². The maximum atomic E-state index is 13.3. The summed E-state index contributed by atoms with van der Waals surface area (Å²) in [7, 11) is 0. The largest absolute Gasteiger partial charge is 0.324 e. The molecule has 0 saturated heterocycles. The number of hydrogen-bond acceptors (Lipinski definition) is 2. The summed E-state index contributed by atoms with van der Waals surface area (Å²) in [6.07, 6.45) is 4.11. The fourth-order valence-electron chi connectivity index (χ4n) is 1.99. The summed E-state index contributed by atoms with van der Waals surface area (Å²) in [6.45, 7) is 1.98. The molecule has 4 heteroatoms. The Morgan fingerprint density at radius 2 is 2.17 bits per heavy atom. The minimum atomic E-state index is -0.252. The Kier molecular flexibility index (Phi) is 4.09. The minimum Gasteiger partial charge on any atom is -0.324 e. The fraction of sp³-hybridized carbons (Fsp3) is 0.214. The summed E-state index contributed by atoms with van der Waals surface area (Å²) in [5.41, 5.74) is 9.15. The van der Waals surface area contributed by atoms with Gasteiger partial charge in [0.2, 0.25) is 0 Å². The van der Waals surface area contributed by atoms with E-state index in [1.165, 1.54) is 12.1 Å². The van der Waals surface area contributed by atoms with Crippen molar-refractivity contribution in [3.8, 4) is 0 Å². The van der Waals surface area contributed by atoms with Gasteiger partial charge in [-0.2, -0.15) is 0 Å². The van der Waals surface area contributed by atoms with Crippen LogP contribution in [0.1, 0.15) is 22.7 Å². The normalized spacial score (nSPS) is 12.4. The standard InChI is InChI=1S/C14H14BrFN2/c1-9-8-18-3-2-13(9)14(17)6-10-4-11(15)7-12(16)5-10/h2-5,7-8,14H,6,17H2,1H3. The van der Waals surface area contributed by atoms with Gasteiger partial charge in [0.25, 0.3) is 0 Å². The maximum absolute atomic E-state index is 13.3. The zero-order valence-electron chi connectivity index (χ0n) is 10.0. The Morgan fingerprint density at radius 1 is 1.39 bits per heavy atom. The topological polar surface area (TPSA) is 38.9 Å². The average molecular weight is 309 g/mol. The molecule has 0 spiro atoms. The highest BCUT2D eigenvalue weighted by Gasteiger charge is 2.10. The third-order valence-electron chi connectivity index (χ3n) is 2.84. The van der Waals surface area contributed by atoms with Gasteiger partial charge in [0.05, 0.1) is 0 Å². The number of hydrogen-bond donors (Lipinski definition) is 1. The molecular formula is C14H14BrFN2. The smallest absolute Gasteiger partial charge is 0.124 e. The van der Waals surface area contributed by atoms with Crippen molar-refractivity contribution >= 4 is 15.9 Å². The van der Waals surface area contributed by atoms with E-state index in [0.29, 0.717) is 6.42 Å². The van der Waals surface area contributed by atoms with Gasteiger partial charge < -0.3 is 5.73 Å². The van der Waals surface area contributed by atoms with E-state index in [-0.39, 0.29) is 11.9 Å². The summed E-state index contributed by atoms with van der Waals surface area (Å²) >= 11 is 3.28. The van der Waals surface area contributed by atoms with Crippen LogP contribution in [0, 0.1) is 12.7 Å². The predicted molar refractivity (Wildman–Crippen MR) is 73.7 cm³/mol. The van der Waals surface area contributed by atoms with Crippen LogP contribution in [-0.4, -0.2) is 4.98 Å². The molecule has 2 aromatic rings. The van der Waals surface area contributed by atoms with E-state index in [2.05, 4.69) is 20.9 Å². The van der Waals surface area contributed by atoms with Crippen molar-refractivity contribution in [2.45, 2.75) is 19.4 Å². The number of aromatic nitrogens is 1. The van der Waals surface area contributed by atoms with E-state index in [4.69, 9.17) is 5.73 Å². The van der Waals surface area contributed by atoms with Crippen molar-refractivity contribution < 1.29 is 4.39 Å². The summed E-state index contributed by atoms with van der Waals surface area (Å²) in [5.74, 6) is -0.252. The maximum Gasteiger partial charge on any atom is 0.124 e. The van der Waals surface area contributed by atoms with Crippen LogP contribution in [0.25, 0.3) is 0 Å². The summed E-state index contributed by atoms with van der Waals surface area (Å²) in [4.78, 5) is 4.04. The van der Waals surface area contributed by atoms with Crippen LogP contribution in [0.2, 0.25) is 0 Å².